The maximum atomic E-state index is 5.72. The summed E-state index contributed by atoms with van der Waals surface area (Å²) in [7, 11) is 0. The molecule has 0 spiro atoms. The first-order valence-corrected chi connectivity index (χ1v) is 8.56. The predicted molar refractivity (Wildman–Crippen MR) is 94.7 cm³/mol. The minimum atomic E-state index is 0.497. The number of rotatable bonds is 4. The molecule has 0 amide bonds. The molecule has 2 aromatic heterocycles. The monoisotopic (exact) mass is 336 g/mol. The second-order valence-electron chi connectivity index (χ2n) is 6.28. The number of nitrogens with one attached hydrogen (secondary N) is 3. The Morgan fingerprint density at radius 2 is 2.08 bits per heavy atom. The summed E-state index contributed by atoms with van der Waals surface area (Å²) in [5.74, 6) is 2.63. The Morgan fingerprint density at radius 3 is 2.96 bits per heavy atom. The van der Waals surface area contributed by atoms with E-state index >= 15 is 0 Å². The van der Waals surface area contributed by atoms with Gasteiger partial charge in [-0.2, -0.15) is 9.97 Å². The molecule has 0 unspecified atom stereocenters. The van der Waals surface area contributed by atoms with Gasteiger partial charge < -0.3 is 25.1 Å². The Morgan fingerprint density at radius 1 is 1.16 bits per heavy atom. The highest BCUT2D eigenvalue weighted by Gasteiger charge is 2.21. The molecule has 7 heteroatoms. The minimum Gasteiger partial charge on any atom is -0.485 e. The molecule has 3 heterocycles. The molecule has 1 aromatic carbocycles. The van der Waals surface area contributed by atoms with Crippen molar-refractivity contribution in [3.05, 3.63) is 30.5 Å². The van der Waals surface area contributed by atoms with Crippen molar-refractivity contribution in [2.45, 2.75) is 25.3 Å². The van der Waals surface area contributed by atoms with Crippen LogP contribution in [0.15, 0.2) is 24.4 Å². The van der Waals surface area contributed by atoms with Gasteiger partial charge in [0, 0.05) is 18.3 Å². The van der Waals surface area contributed by atoms with Gasteiger partial charge >= 0.3 is 0 Å². The van der Waals surface area contributed by atoms with Gasteiger partial charge in [0.15, 0.2) is 11.5 Å². The molecule has 1 fully saturated rings. The smallest absolute Gasteiger partial charge is 0.231 e. The van der Waals surface area contributed by atoms with Gasteiger partial charge in [0.05, 0.1) is 11.1 Å². The molecule has 0 atom stereocenters. The maximum absolute atomic E-state index is 5.72. The van der Waals surface area contributed by atoms with Gasteiger partial charge in [-0.25, -0.2) is 0 Å². The van der Waals surface area contributed by atoms with Crippen molar-refractivity contribution in [3.8, 4) is 11.5 Å². The summed E-state index contributed by atoms with van der Waals surface area (Å²) in [5, 5.41) is 7.78. The standard InChI is InChI=1S/C18H18N5O2/c1-3-11(4-1)20-17-12-7-8-19-16(12)22-18(23-17)21-13-5-2-6-14-15(13)25-10-9-24-14/h2,5,7-8,11H,1,3-4,9-10H2,(H3,19,20,21,22,23). The predicted octanol–water partition coefficient (Wildman–Crippen LogP) is 3.24. The number of ether oxygens (including phenoxy) is 2. The highest BCUT2D eigenvalue weighted by Crippen LogP contribution is 2.38. The van der Waals surface area contributed by atoms with Crippen LogP contribution in [0, 0.1) is 6.07 Å². The van der Waals surface area contributed by atoms with Crippen molar-refractivity contribution in [2.75, 3.05) is 23.8 Å². The lowest BCUT2D eigenvalue weighted by Crippen LogP contribution is -2.27. The highest BCUT2D eigenvalue weighted by molar-refractivity contribution is 5.88. The summed E-state index contributed by atoms with van der Waals surface area (Å²) in [5.41, 5.74) is 1.57. The van der Waals surface area contributed by atoms with Crippen LogP contribution in [0.1, 0.15) is 19.3 Å². The van der Waals surface area contributed by atoms with Gasteiger partial charge in [-0.05, 0) is 37.5 Å². The summed E-state index contributed by atoms with van der Waals surface area (Å²) in [6.07, 6.45) is 5.53. The van der Waals surface area contributed by atoms with E-state index < -0.39 is 0 Å². The van der Waals surface area contributed by atoms with E-state index in [2.05, 4.69) is 31.7 Å². The minimum absolute atomic E-state index is 0.497. The van der Waals surface area contributed by atoms with Gasteiger partial charge in [-0.3, -0.25) is 0 Å². The summed E-state index contributed by atoms with van der Waals surface area (Å²) in [4.78, 5) is 12.4. The van der Waals surface area contributed by atoms with Crippen LogP contribution in [0.5, 0.6) is 11.5 Å². The molecule has 1 saturated carbocycles. The molecule has 127 valence electrons. The zero-order valence-electron chi connectivity index (χ0n) is 13.6. The van der Waals surface area contributed by atoms with Crippen molar-refractivity contribution in [1.29, 1.82) is 0 Å². The van der Waals surface area contributed by atoms with E-state index in [4.69, 9.17) is 9.47 Å². The molecule has 3 N–H and O–H groups in total. The zero-order valence-corrected chi connectivity index (χ0v) is 13.6. The maximum Gasteiger partial charge on any atom is 0.231 e. The lowest BCUT2D eigenvalue weighted by molar-refractivity contribution is 0.172. The molecular formula is C18H18N5O2. The van der Waals surface area contributed by atoms with E-state index in [-0.39, 0.29) is 0 Å². The molecule has 7 nitrogen and oxygen atoms in total. The van der Waals surface area contributed by atoms with Crippen molar-refractivity contribution < 1.29 is 9.47 Å². The second kappa shape index (κ2) is 5.84. The number of hydrogen-bond donors (Lipinski definition) is 3. The van der Waals surface area contributed by atoms with E-state index in [1.54, 1.807) is 6.07 Å². The van der Waals surface area contributed by atoms with Gasteiger partial charge in [0.25, 0.3) is 0 Å². The quantitative estimate of drug-likeness (QED) is 0.678. The number of nitrogens with zero attached hydrogens (tertiary/aromatic N) is 2. The number of aromatic amines is 1. The SMILES string of the molecule is [c]1ccc(Nc2nc(NC3CCC3)c3cc[nH]c3n2)c2c1OCCO2. The van der Waals surface area contributed by atoms with Crippen molar-refractivity contribution in [3.63, 3.8) is 0 Å². The first-order valence-electron chi connectivity index (χ1n) is 8.56. The third-order valence-corrected chi connectivity index (χ3v) is 4.60. The molecule has 5 rings (SSSR count). The van der Waals surface area contributed by atoms with Gasteiger partial charge in [-0.15, -0.1) is 0 Å². The Balaban J connectivity index is 1.50. The van der Waals surface area contributed by atoms with Gasteiger partial charge in [0.1, 0.15) is 24.7 Å². The van der Waals surface area contributed by atoms with Gasteiger partial charge in [-0.1, -0.05) is 0 Å². The van der Waals surface area contributed by atoms with Crippen LogP contribution in [0.3, 0.4) is 0 Å². The van der Waals surface area contributed by atoms with Crippen LogP contribution in [-0.2, 0) is 0 Å². The Kier molecular flexibility index (Phi) is 3.36. The number of fused-ring (bicyclic) bond motifs is 2. The number of anilines is 3. The molecular weight excluding hydrogens is 318 g/mol. The third kappa shape index (κ3) is 2.61. The van der Waals surface area contributed by atoms with Crippen molar-refractivity contribution in [1.82, 2.24) is 15.0 Å². The lowest BCUT2D eigenvalue weighted by Gasteiger charge is -2.27. The fourth-order valence-corrected chi connectivity index (χ4v) is 3.07. The lowest BCUT2D eigenvalue weighted by atomic mass is 9.93. The van der Waals surface area contributed by atoms with E-state index in [1.807, 2.05) is 18.3 Å². The zero-order chi connectivity index (χ0) is 16.6. The molecule has 2 aliphatic rings. The van der Waals surface area contributed by atoms with Crippen LogP contribution in [-0.4, -0.2) is 34.2 Å². The topological polar surface area (TPSA) is 84.1 Å². The second-order valence-corrected chi connectivity index (χ2v) is 6.28. The van der Waals surface area contributed by atoms with Crippen molar-refractivity contribution in [2.24, 2.45) is 0 Å². The van der Waals surface area contributed by atoms with Crippen LogP contribution in [0.4, 0.5) is 17.5 Å². The molecule has 0 saturated heterocycles. The fourth-order valence-electron chi connectivity index (χ4n) is 3.07. The summed E-state index contributed by atoms with van der Waals surface area (Å²) < 4.78 is 11.3. The van der Waals surface area contributed by atoms with E-state index in [1.165, 1.54) is 19.3 Å². The summed E-state index contributed by atoms with van der Waals surface area (Å²) >= 11 is 0. The van der Waals surface area contributed by atoms with Crippen LogP contribution >= 0.6 is 0 Å². The Bertz CT molecular complexity index is 919. The first kappa shape index (κ1) is 14.4. The third-order valence-electron chi connectivity index (χ3n) is 4.60. The highest BCUT2D eigenvalue weighted by atomic mass is 16.6. The number of H-pyrrole nitrogens is 1. The Labute approximate surface area is 144 Å². The number of aromatic nitrogens is 3. The average Bonchev–Trinajstić information content (AvgIpc) is 3.07. The van der Waals surface area contributed by atoms with Crippen molar-refractivity contribution >= 4 is 28.5 Å². The van der Waals surface area contributed by atoms with E-state index in [0.717, 1.165) is 22.5 Å². The molecule has 1 aliphatic carbocycles. The normalized spacial score (nSPS) is 16.5. The molecule has 1 aliphatic heterocycles. The van der Waals surface area contributed by atoms with Gasteiger partial charge in [0.2, 0.25) is 5.95 Å². The summed E-state index contributed by atoms with van der Waals surface area (Å²) in [6.45, 7) is 1.05. The first-order chi connectivity index (χ1) is 12.4. The summed E-state index contributed by atoms with van der Waals surface area (Å²) in [6, 6.07) is 9.23. The largest absolute Gasteiger partial charge is 0.485 e. The molecule has 1 radical (unpaired) electrons. The average molecular weight is 336 g/mol. The molecule has 25 heavy (non-hydrogen) atoms. The van der Waals surface area contributed by atoms with Crippen LogP contribution in [0.2, 0.25) is 0 Å². The van der Waals surface area contributed by atoms with Crippen LogP contribution < -0.4 is 20.1 Å². The Hall–Kier alpha value is -2.96. The van der Waals surface area contributed by atoms with E-state index in [9.17, 15) is 0 Å². The molecule has 3 aromatic rings. The number of benzene rings is 1. The molecule has 0 bridgehead atoms. The fraction of sp³-hybridized carbons (Fsp3) is 0.333. The van der Waals surface area contributed by atoms with E-state index in [0.29, 0.717) is 36.7 Å². The number of hydrogen-bond acceptors (Lipinski definition) is 6. The van der Waals surface area contributed by atoms with Crippen LogP contribution in [0.25, 0.3) is 11.0 Å².